The fraction of sp³-hybridized carbons (Fsp3) is 0.0588. The SMILES string of the molecule is Oc1c(Br)c(Br)c(O)c2c1CC13c4c5c6c7c8c9c(c%10c%11c1c1c4c4c%12c5c5c6c6c8c8c%13c9c9c%10c%10c%11c%11c1c1c4c4c%12c%12c5c5c6c8c6c8c%13c9c9c%10c%10c%11c1c1c4c4c%12c5c6c5c8c9c%10c1c45)C73C2. The molecule has 29 aromatic carbocycles. The molecule has 72 heavy (non-hydrogen) atoms. The van der Waals surface area contributed by atoms with E-state index in [-0.39, 0.29) is 0 Å². The van der Waals surface area contributed by atoms with E-state index < -0.39 is 10.8 Å². The van der Waals surface area contributed by atoms with Crippen LogP contribution in [0.3, 0.4) is 0 Å². The van der Waals surface area contributed by atoms with E-state index in [4.69, 9.17) is 0 Å². The molecular formula is C68H6Br2O2. The van der Waals surface area contributed by atoms with Crippen LogP contribution in [0.2, 0.25) is 0 Å². The summed E-state index contributed by atoms with van der Waals surface area (Å²) in [6.07, 6.45) is 1.31. The Labute approximate surface area is 407 Å². The molecule has 304 valence electrons. The molecule has 0 saturated heterocycles. The Morgan fingerprint density at radius 3 is 0.431 bits per heavy atom. The third kappa shape index (κ3) is 1.46. The summed E-state index contributed by atoms with van der Waals surface area (Å²) in [6, 6.07) is 0. The predicted molar refractivity (Wildman–Crippen MR) is 306 cm³/mol. The number of fused-ring (bicyclic) bond motifs is 1. The molecule has 0 amide bonds. The van der Waals surface area contributed by atoms with Crippen LogP contribution >= 0.6 is 31.9 Å². The van der Waals surface area contributed by atoms with Gasteiger partial charge in [-0.3, -0.25) is 0 Å². The van der Waals surface area contributed by atoms with Gasteiger partial charge >= 0.3 is 0 Å². The smallest absolute Gasteiger partial charge is 0.134 e. The number of benzene rings is 19. The Morgan fingerprint density at radius 2 is 0.306 bits per heavy atom. The Bertz CT molecular complexity index is 6980. The van der Waals surface area contributed by atoms with Gasteiger partial charge in [-0.15, -0.1) is 0 Å². The van der Waals surface area contributed by atoms with E-state index in [9.17, 15) is 10.2 Å². The Balaban J connectivity index is 1.16. The molecule has 0 heterocycles. The minimum absolute atomic E-state index is 0.294. The molecule has 5 aliphatic rings. The number of halogens is 2. The van der Waals surface area contributed by atoms with E-state index in [2.05, 4.69) is 31.9 Å². The first-order valence-corrected chi connectivity index (χ1v) is 27.8. The molecule has 2 nitrogen and oxygen atoms in total. The van der Waals surface area contributed by atoms with Crippen LogP contribution < -0.4 is 0 Å². The van der Waals surface area contributed by atoms with Crippen molar-refractivity contribution in [3.05, 3.63) is 42.3 Å². The first kappa shape index (κ1) is 27.7. The van der Waals surface area contributed by atoms with Crippen molar-refractivity contribution in [2.24, 2.45) is 0 Å². The lowest BCUT2D eigenvalue weighted by molar-refractivity contribution is 0.286. The number of aromatic hydroxyl groups is 2. The van der Waals surface area contributed by atoms with Gasteiger partial charge in [-0.05, 0) is 358 Å². The summed E-state index contributed by atoms with van der Waals surface area (Å²) in [5, 5.41) is 112. The maximum absolute atomic E-state index is 12.9. The molecular weight excluding hydrogens is 1010 g/mol. The number of phenolic OH excluding ortho intramolecular Hbond substituents is 2. The zero-order chi connectivity index (χ0) is 43.4. The summed E-state index contributed by atoms with van der Waals surface area (Å²) in [5.74, 6) is 0.587. The normalized spacial score (nSPS) is 22.1. The second-order valence-corrected chi connectivity index (χ2v) is 27.8. The van der Waals surface area contributed by atoms with Gasteiger partial charge in [0.1, 0.15) is 11.5 Å². The number of rotatable bonds is 0. The second kappa shape index (κ2) is 6.23. The average Bonchev–Trinajstić information content (AvgIpc) is 4.28. The fourth-order valence-electron chi connectivity index (χ4n) is 25.9. The summed E-state index contributed by atoms with van der Waals surface area (Å²) >= 11 is 7.73. The van der Waals surface area contributed by atoms with E-state index in [0.717, 1.165) is 11.1 Å². The molecule has 4 heteroatoms. The van der Waals surface area contributed by atoms with E-state index in [1.54, 1.807) is 313 Å². The molecule has 29 aromatic rings. The van der Waals surface area contributed by atoms with E-state index in [1.807, 2.05) is 0 Å². The highest BCUT2D eigenvalue weighted by Gasteiger charge is 2.71. The van der Waals surface area contributed by atoms with Crippen LogP contribution in [0, 0.1) is 0 Å². The first-order valence-electron chi connectivity index (χ1n) is 26.2. The summed E-state index contributed by atoms with van der Waals surface area (Å²) in [5.41, 5.74) is 7.24. The maximum Gasteiger partial charge on any atom is 0.134 e. The molecule has 0 aliphatic heterocycles. The molecule has 0 aromatic heterocycles. The second-order valence-electron chi connectivity index (χ2n) is 26.2. The quantitative estimate of drug-likeness (QED) is 0.117. The lowest BCUT2D eigenvalue weighted by Gasteiger charge is -2.57. The Hall–Kier alpha value is -7.76. The van der Waals surface area contributed by atoms with Crippen LogP contribution in [0.1, 0.15) is 33.4 Å². The van der Waals surface area contributed by atoms with Crippen LogP contribution in [0.4, 0.5) is 0 Å². The maximum atomic E-state index is 12.9. The van der Waals surface area contributed by atoms with Gasteiger partial charge in [0.05, 0.1) is 8.95 Å². The summed E-state index contributed by atoms with van der Waals surface area (Å²) in [7, 11) is 0. The van der Waals surface area contributed by atoms with Gasteiger partial charge in [0.15, 0.2) is 0 Å². The molecule has 34 rings (SSSR count). The number of hydrogen-bond donors (Lipinski definition) is 2. The molecule has 0 radical (unpaired) electrons. The predicted octanol–water partition coefficient (Wildman–Crippen LogP) is 19.0. The summed E-state index contributed by atoms with van der Waals surface area (Å²) in [4.78, 5) is 0. The van der Waals surface area contributed by atoms with Crippen molar-refractivity contribution in [1.82, 2.24) is 0 Å². The van der Waals surface area contributed by atoms with Gasteiger partial charge in [-0.2, -0.15) is 0 Å². The van der Waals surface area contributed by atoms with Crippen molar-refractivity contribution in [1.29, 1.82) is 0 Å². The highest BCUT2D eigenvalue weighted by molar-refractivity contribution is 9.13. The molecule has 0 fully saturated rings. The summed E-state index contributed by atoms with van der Waals surface area (Å²) in [6.45, 7) is 0. The fourth-order valence-corrected chi connectivity index (χ4v) is 26.7. The van der Waals surface area contributed by atoms with Crippen LogP contribution in [0.25, 0.3) is 291 Å². The molecule has 5 aliphatic carbocycles. The summed E-state index contributed by atoms with van der Waals surface area (Å²) < 4.78 is 1.14. The minimum Gasteiger partial charge on any atom is -0.506 e. The van der Waals surface area contributed by atoms with Crippen LogP contribution in [-0.2, 0) is 23.7 Å². The highest BCUT2D eigenvalue weighted by atomic mass is 79.9. The Kier molecular flexibility index (Phi) is 2.40. The lowest BCUT2D eigenvalue weighted by Crippen LogP contribution is -2.57. The molecule has 2 N–H and O–H groups in total. The van der Waals surface area contributed by atoms with Crippen LogP contribution in [0.5, 0.6) is 11.5 Å². The largest absolute Gasteiger partial charge is 0.506 e. The van der Waals surface area contributed by atoms with E-state index >= 15 is 0 Å². The van der Waals surface area contributed by atoms with Gasteiger partial charge < -0.3 is 10.2 Å². The van der Waals surface area contributed by atoms with Gasteiger partial charge in [-0.25, -0.2) is 0 Å². The van der Waals surface area contributed by atoms with Crippen molar-refractivity contribution in [2.45, 2.75) is 23.7 Å². The highest BCUT2D eigenvalue weighted by Crippen LogP contribution is 2.86. The minimum atomic E-state index is -0.511. The molecule has 0 unspecified atom stereocenters. The van der Waals surface area contributed by atoms with E-state index in [1.165, 1.54) is 0 Å². The number of hydrogen-bond acceptors (Lipinski definition) is 2. The zero-order valence-electron chi connectivity index (χ0n) is 36.1. The molecule has 0 atom stereocenters. The monoisotopic (exact) mass is 1010 g/mol. The first-order chi connectivity index (χ1) is 35.6. The number of phenols is 2. The van der Waals surface area contributed by atoms with Crippen molar-refractivity contribution in [3.8, 4) is 11.5 Å². The lowest BCUT2D eigenvalue weighted by atomic mass is 9.43. The van der Waals surface area contributed by atoms with Crippen molar-refractivity contribution in [3.63, 3.8) is 0 Å². The van der Waals surface area contributed by atoms with Gasteiger partial charge in [0.25, 0.3) is 0 Å². The van der Waals surface area contributed by atoms with E-state index in [0.29, 0.717) is 33.3 Å². The van der Waals surface area contributed by atoms with Crippen molar-refractivity contribution in [2.75, 3.05) is 0 Å². The third-order valence-corrected chi connectivity index (χ3v) is 28.2. The molecule has 0 bridgehead atoms. The standard InChI is InChI=1S/C68H6Br2O2/c69-63-64(70)66(72)4-2-68-61-53-45-35-25-17-9-6-5-7-11-13(9)21-27-19(11)29-23-15(7)16-8(5)12-14-10(6)18(17)26-32-22(14)28-20(12)30-24(16)34-33(23)43-37(29)47-41(27)49(39(45)31(21)25)57(61)55(47)59-51(43)52-44(34)38(30)48-42(28)50-40(32)46(36(26)35)54(53)62(68)58(50)56(48)60(52)67(59,68)1-3(4)65(63)71/h71-72H,1-2H2. The molecule has 0 saturated carbocycles. The Morgan fingerprint density at radius 1 is 0.194 bits per heavy atom. The van der Waals surface area contributed by atoms with Crippen LogP contribution in [-0.4, -0.2) is 10.2 Å². The van der Waals surface area contributed by atoms with Gasteiger partial charge in [0, 0.05) is 22.0 Å². The zero-order valence-corrected chi connectivity index (χ0v) is 39.2. The van der Waals surface area contributed by atoms with Gasteiger partial charge in [0.2, 0.25) is 0 Å². The average molecular weight is 1010 g/mol. The van der Waals surface area contributed by atoms with Crippen molar-refractivity contribution < 1.29 is 10.2 Å². The topological polar surface area (TPSA) is 40.5 Å². The van der Waals surface area contributed by atoms with Crippen molar-refractivity contribution >= 4 is 323 Å². The van der Waals surface area contributed by atoms with Gasteiger partial charge in [-0.1, -0.05) is 0 Å². The third-order valence-electron chi connectivity index (χ3n) is 26.1. The molecule has 2 spiro atoms. The van der Waals surface area contributed by atoms with Crippen LogP contribution in [0.15, 0.2) is 8.95 Å².